The fourth-order valence-corrected chi connectivity index (χ4v) is 6.62. The lowest BCUT2D eigenvalue weighted by atomic mass is 9.89. The van der Waals surface area contributed by atoms with Gasteiger partial charge in [-0.2, -0.15) is 5.26 Å². The first-order valence-electron chi connectivity index (χ1n) is 9.47. The Morgan fingerprint density at radius 2 is 2.34 bits per heavy atom. The molecule has 1 aliphatic carbocycles. The highest BCUT2D eigenvalue weighted by atomic mass is 32.2. The number of thioether (sulfide) groups is 1. The Balaban J connectivity index is 1.60. The van der Waals surface area contributed by atoms with Gasteiger partial charge in [-0.15, -0.1) is 22.7 Å². The largest absolute Gasteiger partial charge is 0.316 e. The van der Waals surface area contributed by atoms with Gasteiger partial charge in [0.15, 0.2) is 5.16 Å². The minimum Gasteiger partial charge on any atom is -0.316 e. The number of nitrogens with one attached hydrogen (secondary N) is 1. The average molecular weight is 445 g/mol. The van der Waals surface area contributed by atoms with E-state index in [0.717, 1.165) is 29.5 Å². The molecule has 9 heteroatoms. The van der Waals surface area contributed by atoms with Crippen LogP contribution in [-0.2, 0) is 24.2 Å². The van der Waals surface area contributed by atoms with E-state index >= 15 is 0 Å². The number of amides is 1. The normalized spacial score (nSPS) is 15.8. The lowest BCUT2D eigenvalue weighted by molar-refractivity contribution is -0.113. The summed E-state index contributed by atoms with van der Waals surface area (Å²) >= 11 is 4.20. The van der Waals surface area contributed by atoms with Crippen LogP contribution in [0.5, 0.6) is 0 Å². The van der Waals surface area contributed by atoms with Crippen LogP contribution in [-0.4, -0.2) is 21.2 Å². The zero-order valence-electron chi connectivity index (χ0n) is 16.2. The van der Waals surface area contributed by atoms with Crippen LogP contribution in [0.25, 0.3) is 10.2 Å². The smallest absolute Gasteiger partial charge is 0.263 e. The lowest BCUT2D eigenvalue weighted by Gasteiger charge is -2.17. The second kappa shape index (κ2) is 8.30. The van der Waals surface area contributed by atoms with E-state index in [4.69, 9.17) is 10.2 Å². The van der Waals surface area contributed by atoms with Crippen molar-refractivity contribution in [2.24, 2.45) is 5.92 Å². The van der Waals surface area contributed by atoms with Crippen LogP contribution < -0.4 is 10.9 Å². The molecule has 3 heterocycles. The van der Waals surface area contributed by atoms with Crippen molar-refractivity contribution in [3.05, 3.63) is 37.8 Å². The number of rotatable bonds is 5. The van der Waals surface area contributed by atoms with Crippen LogP contribution in [0.15, 0.2) is 21.4 Å². The van der Waals surface area contributed by atoms with Crippen molar-refractivity contribution in [1.29, 1.82) is 5.26 Å². The van der Waals surface area contributed by atoms with Crippen LogP contribution >= 0.6 is 34.4 Å². The van der Waals surface area contributed by atoms with Crippen molar-refractivity contribution in [2.75, 3.05) is 11.1 Å². The Kier molecular flexibility index (Phi) is 5.76. The fourth-order valence-electron chi connectivity index (χ4n) is 3.58. The number of aryl methyl sites for hydroxylation is 1. The number of aromatic nitrogens is 2. The van der Waals surface area contributed by atoms with Gasteiger partial charge >= 0.3 is 0 Å². The molecule has 0 fully saturated rings. The molecule has 0 saturated heterocycles. The third kappa shape index (κ3) is 3.84. The highest BCUT2D eigenvalue weighted by Crippen LogP contribution is 2.36. The summed E-state index contributed by atoms with van der Waals surface area (Å²) in [5.41, 5.74) is 1.63. The Morgan fingerprint density at radius 1 is 1.52 bits per heavy atom. The van der Waals surface area contributed by atoms with Gasteiger partial charge in [-0.3, -0.25) is 14.2 Å². The van der Waals surface area contributed by atoms with E-state index in [9.17, 15) is 9.59 Å². The average Bonchev–Trinajstić information content (AvgIpc) is 3.29. The summed E-state index contributed by atoms with van der Waals surface area (Å²) in [7, 11) is 0. The maximum Gasteiger partial charge on any atom is 0.263 e. The molecule has 0 bridgehead atoms. The van der Waals surface area contributed by atoms with E-state index in [1.54, 1.807) is 27.4 Å². The first-order valence-corrected chi connectivity index (χ1v) is 12.1. The number of carbonyl (C=O) groups is 1. The van der Waals surface area contributed by atoms with Crippen LogP contribution in [0.3, 0.4) is 0 Å². The standard InChI is InChI=1S/C20H20N4O2S3/c1-3-24-19(26)16-13-5-4-11(2)8-14(13)29-18(16)23-20(24)28-10-15(25)22-17-12(9-21)6-7-27-17/h6-7,11H,3-5,8,10H2,1-2H3,(H,22,25). The van der Waals surface area contributed by atoms with Crippen molar-refractivity contribution in [1.82, 2.24) is 9.55 Å². The SMILES string of the molecule is CCn1c(SCC(=O)Nc2sccc2C#N)nc2sc3c(c2c1=O)CCC(C)C3. The quantitative estimate of drug-likeness (QED) is 0.469. The molecule has 6 nitrogen and oxygen atoms in total. The molecule has 3 aromatic heterocycles. The first-order chi connectivity index (χ1) is 14.0. The molecular formula is C20H20N4O2S3. The lowest BCUT2D eigenvalue weighted by Crippen LogP contribution is -2.24. The molecule has 3 aromatic rings. The molecule has 0 aliphatic heterocycles. The number of thiophene rings is 2. The van der Waals surface area contributed by atoms with E-state index in [1.807, 2.05) is 6.92 Å². The predicted octanol–water partition coefficient (Wildman–Crippen LogP) is 4.27. The molecule has 0 saturated carbocycles. The summed E-state index contributed by atoms with van der Waals surface area (Å²) in [6, 6.07) is 3.74. The molecule has 4 rings (SSSR count). The van der Waals surface area contributed by atoms with Crippen LogP contribution in [0.2, 0.25) is 0 Å². The zero-order valence-corrected chi connectivity index (χ0v) is 18.6. The molecule has 150 valence electrons. The predicted molar refractivity (Wildman–Crippen MR) is 119 cm³/mol. The van der Waals surface area contributed by atoms with Crippen molar-refractivity contribution < 1.29 is 4.79 Å². The van der Waals surface area contributed by atoms with Gasteiger partial charge in [-0.05, 0) is 49.1 Å². The van der Waals surface area contributed by atoms with Gasteiger partial charge in [0.05, 0.1) is 16.7 Å². The van der Waals surface area contributed by atoms with Crippen molar-refractivity contribution in [3.8, 4) is 6.07 Å². The molecule has 1 aliphatic rings. The third-order valence-electron chi connectivity index (χ3n) is 5.07. The number of nitrogens with zero attached hydrogens (tertiary/aromatic N) is 3. The van der Waals surface area contributed by atoms with Crippen molar-refractivity contribution in [2.45, 2.75) is 44.8 Å². The monoisotopic (exact) mass is 444 g/mol. The maximum absolute atomic E-state index is 13.2. The summed E-state index contributed by atoms with van der Waals surface area (Å²) in [6.07, 6.45) is 3.05. The van der Waals surface area contributed by atoms with Crippen LogP contribution in [0.4, 0.5) is 5.00 Å². The number of anilines is 1. The van der Waals surface area contributed by atoms with Gasteiger partial charge in [-0.25, -0.2) is 4.98 Å². The number of hydrogen-bond acceptors (Lipinski definition) is 7. The minimum absolute atomic E-state index is 0.00233. The highest BCUT2D eigenvalue weighted by molar-refractivity contribution is 7.99. The zero-order chi connectivity index (χ0) is 20.5. The molecular weight excluding hydrogens is 424 g/mol. The summed E-state index contributed by atoms with van der Waals surface area (Å²) in [6.45, 7) is 4.68. The third-order valence-corrected chi connectivity index (χ3v) is 8.02. The van der Waals surface area contributed by atoms with Gasteiger partial charge in [-0.1, -0.05) is 18.7 Å². The summed E-state index contributed by atoms with van der Waals surface area (Å²) in [4.78, 5) is 32.3. The molecule has 29 heavy (non-hydrogen) atoms. The van der Waals surface area contributed by atoms with E-state index in [2.05, 4.69) is 18.3 Å². The molecule has 0 aromatic carbocycles. The number of fused-ring (bicyclic) bond motifs is 3. The van der Waals surface area contributed by atoms with Crippen LogP contribution in [0, 0.1) is 17.2 Å². The van der Waals surface area contributed by atoms with E-state index in [-0.39, 0.29) is 17.2 Å². The summed E-state index contributed by atoms with van der Waals surface area (Å²) in [5, 5.41) is 15.5. The second-order valence-corrected chi connectivity index (χ2v) is 10.0. The van der Waals surface area contributed by atoms with Gasteiger partial charge in [0, 0.05) is 11.4 Å². The van der Waals surface area contributed by atoms with E-state index in [0.29, 0.717) is 28.2 Å². The summed E-state index contributed by atoms with van der Waals surface area (Å²) in [5.74, 6) is 0.547. The number of hydrogen-bond donors (Lipinski definition) is 1. The summed E-state index contributed by atoms with van der Waals surface area (Å²) < 4.78 is 1.66. The van der Waals surface area contributed by atoms with E-state index < -0.39 is 0 Å². The number of carbonyl (C=O) groups excluding carboxylic acids is 1. The number of nitriles is 1. The highest BCUT2D eigenvalue weighted by Gasteiger charge is 2.24. The maximum atomic E-state index is 13.2. The second-order valence-electron chi connectivity index (χ2n) is 7.09. The molecule has 1 N–H and O–H groups in total. The van der Waals surface area contributed by atoms with Gasteiger partial charge in [0.25, 0.3) is 5.56 Å². The Labute approximate surface area is 180 Å². The van der Waals surface area contributed by atoms with Crippen molar-refractivity contribution in [3.63, 3.8) is 0 Å². The molecule has 1 atom stereocenters. The molecule has 0 spiro atoms. The minimum atomic E-state index is -0.217. The fraction of sp³-hybridized carbons (Fsp3) is 0.400. The van der Waals surface area contributed by atoms with Gasteiger partial charge in [0.1, 0.15) is 15.9 Å². The van der Waals surface area contributed by atoms with Crippen LogP contribution in [0.1, 0.15) is 36.3 Å². The Morgan fingerprint density at radius 3 is 3.10 bits per heavy atom. The van der Waals surface area contributed by atoms with Gasteiger partial charge < -0.3 is 5.32 Å². The van der Waals surface area contributed by atoms with Gasteiger partial charge in [0.2, 0.25) is 5.91 Å². The topological polar surface area (TPSA) is 87.8 Å². The molecule has 1 unspecified atom stereocenters. The molecule has 0 radical (unpaired) electrons. The molecule has 1 amide bonds. The van der Waals surface area contributed by atoms with Crippen molar-refractivity contribution >= 4 is 55.6 Å². The van der Waals surface area contributed by atoms with E-state index in [1.165, 1.54) is 33.5 Å². The Hall–Kier alpha value is -2.15. The Bertz CT molecular complexity index is 1180. The first kappa shape index (κ1) is 20.1.